The van der Waals surface area contributed by atoms with E-state index in [0.717, 1.165) is 22.5 Å². The molecule has 0 fully saturated rings. The van der Waals surface area contributed by atoms with Crippen molar-refractivity contribution in [1.29, 1.82) is 0 Å². The van der Waals surface area contributed by atoms with Gasteiger partial charge in [-0.25, -0.2) is 4.79 Å². The molecule has 21 heavy (non-hydrogen) atoms. The number of rotatable bonds is 3. The summed E-state index contributed by atoms with van der Waals surface area (Å²) in [7, 11) is 4.00. The molecule has 0 aliphatic heterocycles. The van der Waals surface area contributed by atoms with Crippen LogP contribution >= 0.6 is 0 Å². The predicted molar refractivity (Wildman–Crippen MR) is 84.1 cm³/mol. The minimum atomic E-state index is -0.910. The minimum Gasteiger partial charge on any atom is -0.478 e. The zero-order valence-corrected chi connectivity index (χ0v) is 11.9. The van der Waals surface area contributed by atoms with Gasteiger partial charge in [0.05, 0.1) is 11.3 Å². The third-order valence-corrected chi connectivity index (χ3v) is 3.54. The van der Waals surface area contributed by atoms with E-state index in [4.69, 9.17) is 5.11 Å². The number of aromatic carboxylic acids is 1. The Balaban J connectivity index is 2.20. The number of fused-ring (bicyclic) bond motifs is 1. The fourth-order valence-corrected chi connectivity index (χ4v) is 2.43. The summed E-state index contributed by atoms with van der Waals surface area (Å²) in [6.45, 7) is 0. The molecular formula is C17H16N2O2. The molecule has 1 N–H and O–H groups in total. The number of hydrogen-bond acceptors (Lipinski definition) is 2. The molecule has 0 bridgehead atoms. The van der Waals surface area contributed by atoms with Gasteiger partial charge in [-0.15, -0.1) is 0 Å². The molecule has 3 rings (SSSR count). The van der Waals surface area contributed by atoms with Gasteiger partial charge in [0, 0.05) is 37.1 Å². The van der Waals surface area contributed by atoms with Crippen molar-refractivity contribution in [3.8, 4) is 11.3 Å². The van der Waals surface area contributed by atoms with Crippen molar-refractivity contribution in [3.05, 3.63) is 60.3 Å². The molecule has 1 aromatic carbocycles. The molecule has 0 saturated carbocycles. The van der Waals surface area contributed by atoms with Crippen LogP contribution in [0.1, 0.15) is 10.4 Å². The van der Waals surface area contributed by atoms with Crippen LogP contribution in [-0.4, -0.2) is 29.6 Å². The Morgan fingerprint density at radius 3 is 2.57 bits per heavy atom. The Hall–Kier alpha value is -2.75. The average Bonchev–Trinajstić information content (AvgIpc) is 2.91. The van der Waals surface area contributed by atoms with Gasteiger partial charge in [0.15, 0.2) is 0 Å². The predicted octanol–water partition coefficient (Wildman–Crippen LogP) is 3.37. The number of benzene rings is 1. The lowest BCUT2D eigenvalue weighted by Crippen LogP contribution is -2.08. The molecule has 0 unspecified atom stereocenters. The first-order chi connectivity index (χ1) is 10.1. The summed E-state index contributed by atoms with van der Waals surface area (Å²) < 4.78 is 1.91. The van der Waals surface area contributed by atoms with Gasteiger partial charge in [-0.05, 0) is 30.3 Å². The molecular weight excluding hydrogens is 264 g/mol. The number of hydrogen-bond donors (Lipinski definition) is 1. The van der Waals surface area contributed by atoms with E-state index in [2.05, 4.69) is 6.07 Å². The number of pyridine rings is 1. The third kappa shape index (κ3) is 2.36. The van der Waals surface area contributed by atoms with Gasteiger partial charge >= 0.3 is 5.97 Å². The van der Waals surface area contributed by atoms with Crippen LogP contribution in [-0.2, 0) is 0 Å². The van der Waals surface area contributed by atoms with Crippen LogP contribution in [0.4, 0.5) is 5.69 Å². The van der Waals surface area contributed by atoms with Gasteiger partial charge in [0.1, 0.15) is 0 Å². The van der Waals surface area contributed by atoms with Crippen molar-refractivity contribution in [2.45, 2.75) is 0 Å². The van der Waals surface area contributed by atoms with Crippen LogP contribution in [0.3, 0.4) is 0 Å². The molecule has 2 aromatic heterocycles. The van der Waals surface area contributed by atoms with Crippen molar-refractivity contribution in [3.63, 3.8) is 0 Å². The highest BCUT2D eigenvalue weighted by Gasteiger charge is 2.10. The van der Waals surface area contributed by atoms with Crippen molar-refractivity contribution < 1.29 is 9.90 Å². The van der Waals surface area contributed by atoms with Crippen LogP contribution < -0.4 is 4.90 Å². The summed E-state index contributed by atoms with van der Waals surface area (Å²) in [6, 6.07) is 15.7. The minimum absolute atomic E-state index is 0.297. The monoisotopic (exact) mass is 280 g/mol. The van der Waals surface area contributed by atoms with E-state index in [0.29, 0.717) is 5.56 Å². The lowest BCUT2D eigenvalue weighted by atomic mass is 10.1. The van der Waals surface area contributed by atoms with Gasteiger partial charge in [0.25, 0.3) is 0 Å². The number of anilines is 1. The van der Waals surface area contributed by atoms with Crippen LogP contribution in [0.5, 0.6) is 0 Å². The number of carboxylic acid groups (broad SMARTS) is 1. The van der Waals surface area contributed by atoms with E-state index in [9.17, 15) is 4.79 Å². The van der Waals surface area contributed by atoms with E-state index < -0.39 is 5.97 Å². The van der Waals surface area contributed by atoms with Crippen molar-refractivity contribution >= 4 is 17.2 Å². The number of carboxylic acids is 1. The molecule has 4 nitrogen and oxygen atoms in total. The lowest BCUT2D eigenvalue weighted by molar-refractivity contribution is 0.0697. The van der Waals surface area contributed by atoms with Gasteiger partial charge in [-0.3, -0.25) is 0 Å². The molecule has 4 heteroatoms. The summed E-state index contributed by atoms with van der Waals surface area (Å²) in [4.78, 5) is 13.2. The van der Waals surface area contributed by atoms with Gasteiger partial charge < -0.3 is 14.4 Å². The van der Waals surface area contributed by atoms with E-state index in [1.54, 1.807) is 12.3 Å². The molecule has 0 aliphatic rings. The average molecular weight is 280 g/mol. The second-order valence-electron chi connectivity index (χ2n) is 5.18. The van der Waals surface area contributed by atoms with E-state index >= 15 is 0 Å². The fraction of sp³-hybridized carbons (Fsp3) is 0.118. The third-order valence-electron chi connectivity index (χ3n) is 3.54. The zero-order chi connectivity index (χ0) is 15.0. The van der Waals surface area contributed by atoms with Crippen molar-refractivity contribution in [2.24, 2.45) is 0 Å². The highest BCUT2D eigenvalue weighted by molar-refractivity contribution is 5.90. The molecule has 0 aliphatic carbocycles. The molecule has 0 saturated heterocycles. The van der Waals surface area contributed by atoms with Crippen molar-refractivity contribution in [2.75, 3.05) is 19.0 Å². The Kier molecular flexibility index (Phi) is 3.14. The second kappa shape index (κ2) is 4.98. The summed E-state index contributed by atoms with van der Waals surface area (Å²) in [5, 5.41) is 9.14. The van der Waals surface area contributed by atoms with Gasteiger partial charge in [-0.1, -0.05) is 18.2 Å². The summed E-state index contributed by atoms with van der Waals surface area (Å²) in [5.41, 5.74) is 4.31. The topological polar surface area (TPSA) is 45.0 Å². The Morgan fingerprint density at radius 2 is 1.86 bits per heavy atom. The van der Waals surface area contributed by atoms with Gasteiger partial charge in [0.2, 0.25) is 0 Å². The summed E-state index contributed by atoms with van der Waals surface area (Å²) in [6.07, 6.45) is 1.66. The normalized spacial score (nSPS) is 10.8. The molecule has 2 heterocycles. The summed E-state index contributed by atoms with van der Waals surface area (Å²) >= 11 is 0. The first kappa shape index (κ1) is 13.2. The van der Waals surface area contributed by atoms with Crippen LogP contribution in [0.25, 0.3) is 16.8 Å². The highest BCUT2D eigenvalue weighted by atomic mass is 16.4. The largest absolute Gasteiger partial charge is 0.478 e. The Morgan fingerprint density at radius 1 is 1.10 bits per heavy atom. The van der Waals surface area contributed by atoms with Crippen LogP contribution in [0.15, 0.2) is 54.7 Å². The molecule has 106 valence electrons. The molecule has 0 atom stereocenters. The quantitative estimate of drug-likeness (QED) is 0.800. The Bertz CT molecular complexity index is 819. The zero-order valence-electron chi connectivity index (χ0n) is 11.9. The maximum Gasteiger partial charge on any atom is 0.337 e. The standard InChI is InChI=1S/C17H16N2O2/c1-18(2)14-6-3-5-12(9-14)16-8-4-7-15-10-13(17(20)21)11-19(15)16/h3-11H,1-2H3,(H,20,21). The molecule has 3 aromatic rings. The fourth-order valence-electron chi connectivity index (χ4n) is 2.43. The summed E-state index contributed by atoms with van der Waals surface area (Å²) in [5.74, 6) is -0.910. The molecule has 0 amide bonds. The highest BCUT2D eigenvalue weighted by Crippen LogP contribution is 2.26. The van der Waals surface area contributed by atoms with Crippen molar-refractivity contribution in [1.82, 2.24) is 4.40 Å². The maximum atomic E-state index is 11.1. The first-order valence-corrected chi connectivity index (χ1v) is 6.68. The lowest BCUT2D eigenvalue weighted by Gasteiger charge is -2.14. The smallest absolute Gasteiger partial charge is 0.337 e. The number of aromatic nitrogens is 1. The first-order valence-electron chi connectivity index (χ1n) is 6.68. The molecule has 0 spiro atoms. The number of carbonyl (C=O) groups is 1. The maximum absolute atomic E-state index is 11.1. The van der Waals surface area contributed by atoms with E-state index in [-0.39, 0.29) is 0 Å². The molecule has 0 radical (unpaired) electrons. The van der Waals surface area contributed by atoms with E-state index in [1.807, 2.05) is 59.8 Å². The van der Waals surface area contributed by atoms with Crippen LogP contribution in [0, 0.1) is 0 Å². The second-order valence-corrected chi connectivity index (χ2v) is 5.18. The van der Waals surface area contributed by atoms with Gasteiger partial charge in [-0.2, -0.15) is 0 Å². The van der Waals surface area contributed by atoms with Crippen LogP contribution in [0.2, 0.25) is 0 Å². The van der Waals surface area contributed by atoms with E-state index in [1.165, 1.54) is 0 Å². The Labute approximate surface area is 122 Å². The number of nitrogens with zero attached hydrogens (tertiary/aromatic N) is 2. The SMILES string of the molecule is CN(C)c1cccc(-c2cccc3cc(C(=O)O)cn23)c1.